The predicted molar refractivity (Wildman–Crippen MR) is 45.5 cm³/mol. The van der Waals surface area contributed by atoms with Crippen LogP contribution in [0.4, 0.5) is 13.2 Å². The second-order valence-electron chi connectivity index (χ2n) is 4.06. The van der Waals surface area contributed by atoms with E-state index in [9.17, 15) is 13.2 Å². The third kappa shape index (κ3) is 3.55. The number of rotatable bonds is 2. The molecule has 4 heteroatoms. The van der Waals surface area contributed by atoms with Gasteiger partial charge < -0.3 is 4.90 Å². The van der Waals surface area contributed by atoms with Gasteiger partial charge in [-0.25, -0.2) is 0 Å². The Morgan fingerprint density at radius 3 is 2.38 bits per heavy atom. The molecule has 1 unspecified atom stereocenters. The number of hydrogen-bond acceptors (Lipinski definition) is 1. The van der Waals surface area contributed by atoms with Gasteiger partial charge >= 0.3 is 6.18 Å². The molecule has 1 saturated heterocycles. The van der Waals surface area contributed by atoms with Gasteiger partial charge in [0.15, 0.2) is 0 Å². The van der Waals surface area contributed by atoms with Crippen LogP contribution in [0.5, 0.6) is 0 Å². The average Bonchev–Trinajstić information content (AvgIpc) is 2.31. The van der Waals surface area contributed by atoms with Crippen molar-refractivity contribution in [1.82, 2.24) is 4.90 Å². The molecular weight excluding hydrogens is 179 g/mol. The van der Waals surface area contributed by atoms with Gasteiger partial charge in [0.2, 0.25) is 0 Å². The predicted octanol–water partition coefficient (Wildman–Crippen LogP) is 2.67. The second-order valence-corrected chi connectivity index (χ2v) is 4.06. The molecule has 1 atom stereocenters. The van der Waals surface area contributed by atoms with E-state index in [-0.39, 0.29) is 5.92 Å². The summed E-state index contributed by atoms with van der Waals surface area (Å²) < 4.78 is 36.1. The lowest BCUT2D eigenvalue weighted by Gasteiger charge is -2.20. The minimum atomic E-state index is -3.99. The van der Waals surface area contributed by atoms with Crippen molar-refractivity contribution >= 4 is 0 Å². The molecule has 78 valence electrons. The van der Waals surface area contributed by atoms with Crippen LogP contribution in [0.1, 0.15) is 26.7 Å². The fraction of sp³-hybridized carbons (Fsp3) is 1.00. The molecule has 1 nitrogen and oxygen atoms in total. The van der Waals surface area contributed by atoms with Crippen LogP contribution >= 0.6 is 0 Å². The Labute approximate surface area is 76.9 Å². The van der Waals surface area contributed by atoms with E-state index in [1.807, 2.05) is 13.8 Å². The molecule has 1 rings (SSSR count). The molecule has 1 aliphatic rings. The Balaban J connectivity index is 2.33. The van der Waals surface area contributed by atoms with Crippen LogP contribution in [-0.2, 0) is 0 Å². The fourth-order valence-electron chi connectivity index (χ4n) is 1.83. The van der Waals surface area contributed by atoms with Gasteiger partial charge in [-0.1, -0.05) is 0 Å². The zero-order chi connectivity index (χ0) is 10.1. The largest absolute Gasteiger partial charge is 0.389 e. The Hall–Kier alpha value is -0.250. The van der Waals surface area contributed by atoms with Crippen molar-refractivity contribution < 1.29 is 13.2 Å². The van der Waals surface area contributed by atoms with Crippen molar-refractivity contribution in [2.24, 2.45) is 5.92 Å². The summed E-state index contributed by atoms with van der Waals surface area (Å²) in [6.45, 7) is 5.47. The summed E-state index contributed by atoms with van der Waals surface area (Å²) in [7, 11) is 0. The van der Waals surface area contributed by atoms with Crippen molar-refractivity contribution in [3.8, 4) is 0 Å². The number of hydrogen-bond donors (Lipinski definition) is 0. The van der Waals surface area contributed by atoms with Gasteiger partial charge in [-0.3, -0.25) is 0 Å². The third-order valence-corrected chi connectivity index (χ3v) is 2.57. The molecule has 0 aromatic rings. The minimum Gasteiger partial charge on any atom is -0.301 e. The maximum Gasteiger partial charge on any atom is 0.389 e. The first-order chi connectivity index (χ1) is 5.88. The lowest BCUT2D eigenvalue weighted by Crippen LogP contribution is -2.29. The first-order valence-electron chi connectivity index (χ1n) is 4.69. The molecular formula is C9H16F3N. The summed E-state index contributed by atoms with van der Waals surface area (Å²) in [5.74, 6) is -0.178. The summed E-state index contributed by atoms with van der Waals surface area (Å²) in [5.41, 5.74) is 0. The molecule has 0 radical (unpaired) electrons. The van der Waals surface area contributed by atoms with Crippen molar-refractivity contribution in [2.45, 2.75) is 38.9 Å². The molecule has 0 aromatic heterocycles. The first-order valence-corrected chi connectivity index (χ1v) is 4.69. The molecule has 1 heterocycles. The molecule has 0 aromatic carbocycles. The molecule has 0 aliphatic carbocycles. The van der Waals surface area contributed by atoms with Crippen molar-refractivity contribution in [3.63, 3.8) is 0 Å². The van der Waals surface area contributed by atoms with E-state index in [4.69, 9.17) is 0 Å². The smallest absolute Gasteiger partial charge is 0.301 e. The van der Waals surface area contributed by atoms with E-state index in [2.05, 4.69) is 4.90 Å². The average molecular weight is 195 g/mol. The van der Waals surface area contributed by atoms with E-state index < -0.39 is 12.6 Å². The molecule has 13 heavy (non-hydrogen) atoms. The van der Waals surface area contributed by atoms with Gasteiger partial charge in [-0.15, -0.1) is 0 Å². The first kappa shape index (κ1) is 10.8. The number of nitrogens with zero attached hydrogens (tertiary/aromatic N) is 1. The summed E-state index contributed by atoms with van der Waals surface area (Å²) >= 11 is 0. The van der Waals surface area contributed by atoms with E-state index in [0.29, 0.717) is 19.0 Å². The van der Waals surface area contributed by atoms with E-state index >= 15 is 0 Å². The molecule has 0 saturated carbocycles. The fourth-order valence-corrected chi connectivity index (χ4v) is 1.83. The summed E-state index contributed by atoms with van der Waals surface area (Å²) in [6.07, 6.45) is -3.91. The van der Waals surface area contributed by atoms with Crippen molar-refractivity contribution in [3.05, 3.63) is 0 Å². The van der Waals surface area contributed by atoms with Gasteiger partial charge in [-0.2, -0.15) is 13.2 Å². The number of likely N-dealkylation sites (tertiary alicyclic amines) is 1. The standard InChI is InChI=1S/C9H16F3N/c1-7(2)13-4-3-8(6-13)5-9(10,11)12/h7-8H,3-6H2,1-2H3. The quantitative estimate of drug-likeness (QED) is 0.654. The molecule has 0 amide bonds. The molecule has 0 spiro atoms. The summed E-state index contributed by atoms with van der Waals surface area (Å²) in [5, 5.41) is 0. The van der Waals surface area contributed by atoms with Gasteiger partial charge in [-0.05, 0) is 32.7 Å². The van der Waals surface area contributed by atoms with Crippen LogP contribution in [0.25, 0.3) is 0 Å². The van der Waals surface area contributed by atoms with Gasteiger partial charge in [0.25, 0.3) is 0 Å². The summed E-state index contributed by atoms with van der Waals surface area (Å²) in [6, 6.07) is 0.373. The SMILES string of the molecule is CC(C)N1CCC(CC(F)(F)F)C1. The molecule has 0 bridgehead atoms. The second kappa shape index (κ2) is 3.86. The van der Waals surface area contributed by atoms with Crippen LogP contribution in [0.3, 0.4) is 0 Å². The summed E-state index contributed by atoms with van der Waals surface area (Å²) in [4.78, 5) is 2.11. The van der Waals surface area contributed by atoms with Crippen LogP contribution in [0, 0.1) is 5.92 Å². The number of alkyl halides is 3. The molecule has 1 fully saturated rings. The highest BCUT2D eigenvalue weighted by Gasteiger charge is 2.35. The minimum absolute atomic E-state index is 0.178. The van der Waals surface area contributed by atoms with E-state index in [0.717, 1.165) is 6.54 Å². The van der Waals surface area contributed by atoms with Crippen LogP contribution in [0.2, 0.25) is 0 Å². The Morgan fingerprint density at radius 2 is 2.00 bits per heavy atom. The van der Waals surface area contributed by atoms with Gasteiger partial charge in [0, 0.05) is 19.0 Å². The van der Waals surface area contributed by atoms with E-state index in [1.165, 1.54) is 0 Å². The Bertz CT molecular complexity index is 165. The normalized spacial score (nSPS) is 25.8. The zero-order valence-corrected chi connectivity index (χ0v) is 8.06. The maximum absolute atomic E-state index is 12.0. The highest BCUT2D eigenvalue weighted by Crippen LogP contribution is 2.30. The van der Waals surface area contributed by atoms with Crippen molar-refractivity contribution in [1.29, 1.82) is 0 Å². The zero-order valence-electron chi connectivity index (χ0n) is 8.06. The van der Waals surface area contributed by atoms with E-state index in [1.54, 1.807) is 0 Å². The third-order valence-electron chi connectivity index (χ3n) is 2.57. The molecule has 1 aliphatic heterocycles. The highest BCUT2D eigenvalue weighted by atomic mass is 19.4. The Kier molecular flexibility index (Phi) is 3.22. The topological polar surface area (TPSA) is 3.24 Å². The maximum atomic E-state index is 12.0. The van der Waals surface area contributed by atoms with Crippen LogP contribution in [-0.4, -0.2) is 30.2 Å². The molecule has 0 N–H and O–H groups in total. The lowest BCUT2D eigenvalue weighted by atomic mass is 10.1. The van der Waals surface area contributed by atoms with Crippen LogP contribution in [0.15, 0.2) is 0 Å². The Morgan fingerprint density at radius 1 is 1.38 bits per heavy atom. The monoisotopic (exact) mass is 195 g/mol. The number of halogens is 3. The van der Waals surface area contributed by atoms with Crippen molar-refractivity contribution in [2.75, 3.05) is 13.1 Å². The van der Waals surface area contributed by atoms with Gasteiger partial charge in [0.1, 0.15) is 0 Å². The van der Waals surface area contributed by atoms with Crippen LogP contribution < -0.4 is 0 Å². The van der Waals surface area contributed by atoms with Gasteiger partial charge in [0.05, 0.1) is 0 Å². The lowest BCUT2D eigenvalue weighted by molar-refractivity contribution is -0.143. The highest BCUT2D eigenvalue weighted by molar-refractivity contribution is 4.79.